The minimum Gasteiger partial charge on any atom is -0.365 e. The Balaban J connectivity index is 2.23. The maximum Gasteiger partial charge on any atom is 0.291 e. The average molecular weight is 350 g/mol. The third kappa shape index (κ3) is 3.03. The predicted octanol–water partition coefficient (Wildman–Crippen LogP) is 1.66. The topological polar surface area (TPSA) is 102 Å². The van der Waals surface area contributed by atoms with Crippen LogP contribution in [0.25, 0.3) is 0 Å². The Morgan fingerprint density at radius 2 is 2.26 bits per heavy atom. The maximum atomic E-state index is 11.4. The zero-order chi connectivity index (χ0) is 14.2. The fraction of sp³-hybridized carbons (Fsp3) is 0.500. The van der Waals surface area contributed by atoms with Crippen LogP contribution in [0.15, 0.2) is 10.7 Å². The molecule has 2 heterocycles. The summed E-state index contributed by atoms with van der Waals surface area (Å²) >= 11 is 3.26. The molecule has 0 aromatic carbocycles. The van der Waals surface area contributed by atoms with Gasteiger partial charge in [-0.25, -0.2) is 13.4 Å². The van der Waals surface area contributed by atoms with E-state index in [4.69, 9.17) is 0 Å². The van der Waals surface area contributed by atoms with E-state index in [1.165, 1.54) is 6.20 Å². The fourth-order valence-electron chi connectivity index (χ4n) is 1.96. The van der Waals surface area contributed by atoms with Crippen LogP contribution in [0, 0.1) is 17.0 Å². The number of hydrogen-bond acceptors (Lipinski definition) is 6. The van der Waals surface area contributed by atoms with E-state index in [1.54, 1.807) is 6.92 Å². The van der Waals surface area contributed by atoms with Crippen LogP contribution in [0.1, 0.15) is 12.0 Å². The van der Waals surface area contributed by atoms with Crippen LogP contribution in [-0.2, 0) is 9.84 Å². The first-order valence-corrected chi connectivity index (χ1v) is 8.18. The summed E-state index contributed by atoms with van der Waals surface area (Å²) in [7, 11) is -2.97. The number of nitrogens with zero attached hydrogens (tertiary/aromatic N) is 2. The molecule has 2 rings (SSSR count). The largest absolute Gasteiger partial charge is 0.365 e. The van der Waals surface area contributed by atoms with Gasteiger partial charge in [0.05, 0.1) is 20.9 Å². The minimum absolute atomic E-state index is 0.0666. The van der Waals surface area contributed by atoms with Crippen LogP contribution in [0.3, 0.4) is 0 Å². The van der Waals surface area contributed by atoms with Crippen molar-refractivity contribution in [2.45, 2.75) is 19.4 Å². The zero-order valence-corrected chi connectivity index (χ0v) is 12.5. The first kappa shape index (κ1) is 14.2. The summed E-state index contributed by atoms with van der Waals surface area (Å²) in [5.74, 6) is 0.663. The first-order chi connectivity index (χ1) is 8.80. The number of nitro groups is 1. The lowest BCUT2D eigenvalue weighted by atomic mass is 10.2. The Morgan fingerprint density at radius 3 is 2.79 bits per heavy atom. The van der Waals surface area contributed by atoms with Crippen LogP contribution >= 0.6 is 15.9 Å². The van der Waals surface area contributed by atoms with Gasteiger partial charge in [0.2, 0.25) is 0 Å². The Labute approximate surface area is 118 Å². The second kappa shape index (κ2) is 5.04. The molecular weight excluding hydrogens is 338 g/mol. The average Bonchev–Trinajstić information content (AvgIpc) is 2.64. The molecule has 9 heteroatoms. The number of aromatic nitrogens is 1. The van der Waals surface area contributed by atoms with E-state index < -0.39 is 14.8 Å². The SMILES string of the molecule is Cc1c([N+](=O)[O-])cnc(NC2CCS(=O)(=O)C2)c1Br. The van der Waals surface area contributed by atoms with Gasteiger partial charge in [-0.3, -0.25) is 10.1 Å². The molecule has 1 unspecified atom stereocenters. The molecule has 0 amide bonds. The van der Waals surface area contributed by atoms with E-state index in [1.807, 2.05) is 0 Å². The van der Waals surface area contributed by atoms with Gasteiger partial charge < -0.3 is 5.32 Å². The molecule has 104 valence electrons. The molecule has 1 atom stereocenters. The molecule has 1 fully saturated rings. The monoisotopic (exact) mass is 349 g/mol. The van der Waals surface area contributed by atoms with E-state index in [0.29, 0.717) is 22.3 Å². The van der Waals surface area contributed by atoms with Crippen LogP contribution in [0.5, 0.6) is 0 Å². The smallest absolute Gasteiger partial charge is 0.291 e. The second-order valence-electron chi connectivity index (χ2n) is 4.43. The van der Waals surface area contributed by atoms with Gasteiger partial charge in [0.1, 0.15) is 12.0 Å². The minimum atomic E-state index is -2.97. The summed E-state index contributed by atoms with van der Waals surface area (Å²) in [5.41, 5.74) is 0.389. The number of anilines is 1. The predicted molar refractivity (Wildman–Crippen MR) is 74.0 cm³/mol. The summed E-state index contributed by atoms with van der Waals surface area (Å²) in [5, 5.41) is 13.8. The number of pyridine rings is 1. The van der Waals surface area contributed by atoms with Gasteiger partial charge in [-0.15, -0.1) is 0 Å². The van der Waals surface area contributed by atoms with Gasteiger partial charge in [-0.1, -0.05) is 0 Å². The molecule has 7 nitrogen and oxygen atoms in total. The van der Waals surface area contributed by atoms with Crippen molar-refractivity contribution in [3.63, 3.8) is 0 Å². The van der Waals surface area contributed by atoms with E-state index in [9.17, 15) is 18.5 Å². The molecule has 0 radical (unpaired) electrons. The summed E-state index contributed by atoms with van der Waals surface area (Å²) < 4.78 is 23.2. The van der Waals surface area contributed by atoms with Gasteiger partial charge in [0, 0.05) is 11.6 Å². The van der Waals surface area contributed by atoms with E-state index in [0.717, 1.165) is 0 Å². The van der Waals surface area contributed by atoms with Crippen LogP contribution < -0.4 is 5.32 Å². The molecule has 19 heavy (non-hydrogen) atoms. The highest BCUT2D eigenvalue weighted by molar-refractivity contribution is 9.10. The molecule has 1 N–H and O–H groups in total. The quantitative estimate of drug-likeness (QED) is 0.657. The molecule has 1 aromatic heterocycles. The van der Waals surface area contributed by atoms with Gasteiger partial charge >= 0.3 is 0 Å². The number of nitrogens with one attached hydrogen (secondary N) is 1. The van der Waals surface area contributed by atoms with E-state index in [-0.39, 0.29) is 23.2 Å². The molecule has 0 spiro atoms. The molecule has 0 bridgehead atoms. The van der Waals surface area contributed by atoms with Gasteiger partial charge in [0.25, 0.3) is 5.69 Å². The summed E-state index contributed by atoms with van der Waals surface area (Å²) in [6.07, 6.45) is 1.69. The molecule has 0 saturated carbocycles. The second-order valence-corrected chi connectivity index (χ2v) is 7.45. The highest BCUT2D eigenvalue weighted by Crippen LogP contribution is 2.31. The number of sulfone groups is 1. The van der Waals surface area contributed by atoms with Crippen molar-refractivity contribution in [1.29, 1.82) is 0 Å². The Kier molecular flexibility index (Phi) is 3.77. The highest BCUT2D eigenvalue weighted by Gasteiger charge is 2.29. The van der Waals surface area contributed by atoms with Crippen molar-refractivity contribution in [3.05, 3.63) is 26.3 Å². The third-order valence-corrected chi connectivity index (χ3v) is 5.75. The lowest BCUT2D eigenvalue weighted by molar-refractivity contribution is -0.385. The summed E-state index contributed by atoms with van der Waals surface area (Å²) in [4.78, 5) is 14.2. The van der Waals surface area contributed by atoms with Gasteiger partial charge in [-0.2, -0.15) is 0 Å². The third-order valence-electron chi connectivity index (χ3n) is 3.01. The lowest BCUT2D eigenvalue weighted by Crippen LogP contribution is -2.21. The normalized spacial score (nSPS) is 21.3. The van der Waals surface area contributed by atoms with Gasteiger partial charge in [0.15, 0.2) is 9.84 Å². The first-order valence-electron chi connectivity index (χ1n) is 5.56. The van der Waals surface area contributed by atoms with Crippen molar-refractivity contribution in [2.24, 2.45) is 0 Å². The standard InChI is InChI=1S/C10H12BrN3O4S/c1-6-8(14(15)16)4-12-10(9(6)11)13-7-2-3-19(17,18)5-7/h4,7H,2-3,5H2,1H3,(H,12,13). The molecular formula is C10H12BrN3O4S. The van der Waals surface area contributed by atoms with Crippen LogP contribution in [0.2, 0.25) is 0 Å². The van der Waals surface area contributed by atoms with Crippen molar-refractivity contribution in [1.82, 2.24) is 4.98 Å². The molecule has 1 aliphatic rings. The lowest BCUT2D eigenvalue weighted by Gasteiger charge is -2.13. The maximum absolute atomic E-state index is 11.4. The van der Waals surface area contributed by atoms with E-state index >= 15 is 0 Å². The Bertz CT molecular complexity index is 632. The number of hydrogen-bond donors (Lipinski definition) is 1. The van der Waals surface area contributed by atoms with Crippen molar-refractivity contribution >= 4 is 37.3 Å². The molecule has 1 aromatic rings. The van der Waals surface area contributed by atoms with Crippen molar-refractivity contribution in [2.75, 3.05) is 16.8 Å². The zero-order valence-electron chi connectivity index (χ0n) is 10.1. The Morgan fingerprint density at radius 1 is 1.58 bits per heavy atom. The number of rotatable bonds is 3. The van der Waals surface area contributed by atoms with Crippen molar-refractivity contribution in [3.8, 4) is 0 Å². The Hall–Kier alpha value is -1.22. The van der Waals surface area contributed by atoms with E-state index in [2.05, 4.69) is 26.2 Å². The number of halogens is 1. The van der Waals surface area contributed by atoms with Crippen LogP contribution in [0.4, 0.5) is 11.5 Å². The van der Waals surface area contributed by atoms with Gasteiger partial charge in [-0.05, 0) is 29.3 Å². The van der Waals surface area contributed by atoms with Crippen LogP contribution in [-0.4, -0.2) is 35.9 Å². The highest BCUT2D eigenvalue weighted by atomic mass is 79.9. The molecule has 1 saturated heterocycles. The fourth-order valence-corrected chi connectivity index (χ4v) is 4.05. The molecule has 0 aliphatic carbocycles. The summed E-state index contributed by atoms with van der Waals surface area (Å²) in [6.45, 7) is 1.61. The van der Waals surface area contributed by atoms with Crippen molar-refractivity contribution < 1.29 is 13.3 Å². The summed E-state index contributed by atoms with van der Waals surface area (Å²) in [6, 6.07) is -0.199. The molecule has 1 aliphatic heterocycles.